The monoisotopic (exact) mass is 307 g/mol. The molecule has 0 bridgehead atoms. The molecule has 2 heterocycles. The van der Waals surface area contributed by atoms with E-state index in [-0.39, 0.29) is 11.5 Å². The Balaban J connectivity index is 2.05. The Kier molecular flexibility index (Phi) is 3.70. The number of nitrogens with one attached hydrogen (secondary N) is 2. The molecule has 2 aromatic heterocycles. The van der Waals surface area contributed by atoms with Crippen molar-refractivity contribution < 1.29 is 4.79 Å². The Bertz CT molecular complexity index is 974. The zero-order valence-electron chi connectivity index (χ0n) is 13.2. The number of carbonyl (C=O) groups is 1. The highest BCUT2D eigenvalue weighted by molar-refractivity contribution is 6.12. The van der Waals surface area contributed by atoms with E-state index in [1.54, 1.807) is 19.2 Å². The smallest absolute Gasteiger partial charge is 0.257 e. The average molecular weight is 307 g/mol. The number of anilines is 1. The highest BCUT2D eigenvalue weighted by atomic mass is 16.1. The minimum Gasteiger partial charge on any atom is -0.327 e. The number of pyridine rings is 2. The van der Waals surface area contributed by atoms with Gasteiger partial charge >= 0.3 is 0 Å². The van der Waals surface area contributed by atoms with Crippen molar-refractivity contribution in [1.29, 1.82) is 0 Å². The van der Waals surface area contributed by atoms with Gasteiger partial charge in [-0.05, 0) is 56.2 Å². The normalized spacial score (nSPS) is 10.7. The van der Waals surface area contributed by atoms with Crippen LogP contribution in [0.3, 0.4) is 0 Å². The second-order valence-electron chi connectivity index (χ2n) is 5.69. The first-order valence-electron chi connectivity index (χ1n) is 7.32. The fourth-order valence-electron chi connectivity index (χ4n) is 2.57. The summed E-state index contributed by atoms with van der Waals surface area (Å²) in [6.07, 6.45) is 3.19. The van der Waals surface area contributed by atoms with Crippen LogP contribution in [0.15, 0.2) is 41.5 Å². The molecule has 1 amide bonds. The van der Waals surface area contributed by atoms with E-state index >= 15 is 0 Å². The second kappa shape index (κ2) is 5.68. The summed E-state index contributed by atoms with van der Waals surface area (Å²) in [6.45, 7) is 5.64. The van der Waals surface area contributed by atoms with Crippen LogP contribution in [-0.4, -0.2) is 15.9 Å². The van der Waals surface area contributed by atoms with E-state index in [0.29, 0.717) is 22.3 Å². The van der Waals surface area contributed by atoms with Crippen LogP contribution in [0, 0.1) is 20.8 Å². The molecule has 0 aliphatic heterocycles. The standard InChI is InChI=1S/C18H17N3O2/c1-10-6-14-11(2)4-5-19-16(14)15(7-10)18(23)21-13-8-12(3)17(22)20-9-13/h4-9H,1-3H3,(H,20,22)(H,21,23). The zero-order valence-corrected chi connectivity index (χ0v) is 13.2. The molecule has 1 aromatic carbocycles. The van der Waals surface area contributed by atoms with E-state index in [2.05, 4.69) is 15.3 Å². The summed E-state index contributed by atoms with van der Waals surface area (Å²) >= 11 is 0. The first kappa shape index (κ1) is 15.0. The number of hydrogen-bond acceptors (Lipinski definition) is 3. The Hall–Kier alpha value is -2.95. The topological polar surface area (TPSA) is 74.8 Å². The van der Waals surface area contributed by atoms with Crippen LogP contribution >= 0.6 is 0 Å². The SMILES string of the molecule is Cc1cc(C(=O)Nc2c[nH]c(=O)c(C)c2)c2nccc(C)c2c1. The quantitative estimate of drug-likeness (QED) is 0.764. The van der Waals surface area contributed by atoms with Gasteiger partial charge in [0.15, 0.2) is 0 Å². The third-order valence-electron chi connectivity index (χ3n) is 3.80. The number of aryl methyl sites for hydroxylation is 3. The molecule has 0 spiro atoms. The molecule has 0 radical (unpaired) electrons. The molecular weight excluding hydrogens is 290 g/mol. The van der Waals surface area contributed by atoms with Crippen LogP contribution in [0.5, 0.6) is 0 Å². The molecule has 2 N–H and O–H groups in total. The van der Waals surface area contributed by atoms with Crippen molar-refractivity contribution in [3.8, 4) is 0 Å². The van der Waals surface area contributed by atoms with E-state index in [9.17, 15) is 9.59 Å². The maximum atomic E-state index is 12.6. The molecule has 23 heavy (non-hydrogen) atoms. The summed E-state index contributed by atoms with van der Waals surface area (Å²) in [5.74, 6) is -0.247. The molecule has 0 aliphatic rings. The Morgan fingerprint density at radius 3 is 2.65 bits per heavy atom. The van der Waals surface area contributed by atoms with Gasteiger partial charge in [-0.25, -0.2) is 0 Å². The largest absolute Gasteiger partial charge is 0.327 e. The van der Waals surface area contributed by atoms with Crippen molar-refractivity contribution in [2.75, 3.05) is 5.32 Å². The van der Waals surface area contributed by atoms with Crippen molar-refractivity contribution in [2.24, 2.45) is 0 Å². The maximum Gasteiger partial charge on any atom is 0.257 e. The van der Waals surface area contributed by atoms with Crippen molar-refractivity contribution in [1.82, 2.24) is 9.97 Å². The molecule has 0 fully saturated rings. The van der Waals surface area contributed by atoms with Gasteiger partial charge in [0.2, 0.25) is 0 Å². The minimum absolute atomic E-state index is 0.165. The molecule has 0 saturated heterocycles. The number of aromatic nitrogens is 2. The van der Waals surface area contributed by atoms with Crippen LogP contribution in [0.1, 0.15) is 27.0 Å². The first-order chi connectivity index (χ1) is 11.0. The first-order valence-corrected chi connectivity index (χ1v) is 7.32. The third-order valence-corrected chi connectivity index (χ3v) is 3.80. The summed E-state index contributed by atoms with van der Waals surface area (Å²) in [5, 5.41) is 3.78. The number of hydrogen-bond donors (Lipinski definition) is 2. The summed E-state index contributed by atoms with van der Waals surface area (Å²) in [5.41, 5.74) is 4.20. The molecule has 0 atom stereocenters. The zero-order chi connectivity index (χ0) is 16.6. The van der Waals surface area contributed by atoms with Gasteiger partial charge in [0.05, 0.1) is 16.8 Å². The average Bonchev–Trinajstić information content (AvgIpc) is 2.51. The van der Waals surface area contributed by atoms with Crippen molar-refractivity contribution in [2.45, 2.75) is 20.8 Å². The van der Waals surface area contributed by atoms with Gasteiger partial charge in [0.1, 0.15) is 0 Å². The number of aromatic amines is 1. The number of fused-ring (bicyclic) bond motifs is 1. The molecular formula is C18H17N3O2. The van der Waals surface area contributed by atoms with Crippen molar-refractivity contribution >= 4 is 22.5 Å². The van der Waals surface area contributed by atoms with E-state index in [1.807, 2.05) is 32.0 Å². The fourth-order valence-corrected chi connectivity index (χ4v) is 2.57. The molecule has 0 aliphatic carbocycles. The van der Waals surface area contributed by atoms with Gasteiger partial charge in [-0.1, -0.05) is 0 Å². The highest BCUT2D eigenvalue weighted by Crippen LogP contribution is 2.23. The molecule has 0 saturated carbocycles. The number of nitrogens with zero attached hydrogens (tertiary/aromatic N) is 1. The van der Waals surface area contributed by atoms with Gasteiger partial charge in [-0.2, -0.15) is 0 Å². The van der Waals surface area contributed by atoms with Crippen LogP contribution < -0.4 is 10.9 Å². The molecule has 0 unspecified atom stereocenters. The van der Waals surface area contributed by atoms with Crippen LogP contribution in [-0.2, 0) is 0 Å². The lowest BCUT2D eigenvalue weighted by Crippen LogP contribution is -2.16. The molecule has 5 nitrogen and oxygen atoms in total. The number of benzene rings is 1. The van der Waals surface area contributed by atoms with E-state index in [4.69, 9.17) is 0 Å². The van der Waals surface area contributed by atoms with Gasteiger partial charge in [0.25, 0.3) is 11.5 Å². The predicted molar refractivity (Wildman–Crippen MR) is 91.0 cm³/mol. The third kappa shape index (κ3) is 2.85. The number of rotatable bonds is 2. The number of carbonyl (C=O) groups excluding carboxylic acids is 1. The lowest BCUT2D eigenvalue weighted by atomic mass is 10.0. The lowest BCUT2D eigenvalue weighted by Gasteiger charge is -2.10. The molecule has 3 rings (SSSR count). The van der Waals surface area contributed by atoms with Crippen molar-refractivity contribution in [3.63, 3.8) is 0 Å². The van der Waals surface area contributed by atoms with Crippen LogP contribution in [0.25, 0.3) is 10.9 Å². The van der Waals surface area contributed by atoms with Crippen molar-refractivity contribution in [3.05, 3.63) is 69.3 Å². The molecule has 5 heteroatoms. The van der Waals surface area contributed by atoms with Gasteiger partial charge < -0.3 is 10.3 Å². The Morgan fingerprint density at radius 2 is 1.91 bits per heavy atom. The summed E-state index contributed by atoms with van der Waals surface area (Å²) in [4.78, 5) is 31.0. The molecule has 3 aromatic rings. The number of H-pyrrole nitrogens is 1. The van der Waals surface area contributed by atoms with E-state index in [0.717, 1.165) is 16.5 Å². The second-order valence-corrected chi connectivity index (χ2v) is 5.69. The fraction of sp³-hybridized carbons (Fsp3) is 0.167. The van der Waals surface area contributed by atoms with Crippen LogP contribution in [0.4, 0.5) is 5.69 Å². The lowest BCUT2D eigenvalue weighted by molar-refractivity contribution is 0.102. The summed E-state index contributed by atoms with van der Waals surface area (Å²) in [7, 11) is 0. The van der Waals surface area contributed by atoms with E-state index in [1.165, 1.54) is 6.20 Å². The highest BCUT2D eigenvalue weighted by Gasteiger charge is 2.14. The van der Waals surface area contributed by atoms with Gasteiger partial charge in [-0.3, -0.25) is 14.6 Å². The van der Waals surface area contributed by atoms with E-state index < -0.39 is 0 Å². The van der Waals surface area contributed by atoms with Gasteiger partial charge in [-0.15, -0.1) is 0 Å². The summed E-state index contributed by atoms with van der Waals surface area (Å²) < 4.78 is 0. The molecule has 116 valence electrons. The predicted octanol–water partition coefficient (Wildman–Crippen LogP) is 3.10. The Labute approximate surface area is 133 Å². The minimum atomic E-state index is -0.247. The number of amides is 1. The Morgan fingerprint density at radius 1 is 1.13 bits per heavy atom. The summed E-state index contributed by atoms with van der Waals surface area (Å²) in [6, 6.07) is 7.42. The van der Waals surface area contributed by atoms with Crippen LogP contribution in [0.2, 0.25) is 0 Å². The van der Waals surface area contributed by atoms with Gasteiger partial charge in [0, 0.05) is 23.3 Å². The maximum absolute atomic E-state index is 12.6.